The Morgan fingerprint density at radius 2 is 2.04 bits per heavy atom. The van der Waals surface area contributed by atoms with Crippen LogP contribution >= 0.6 is 15.9 Å². The lowest BCUT2D eigenvalue weighted by Crippen LogP contribution is -2.17. The molecule has 6 nitrogen and oxygen atoms in total. The number of amides is 1. The molecule has 2 rings (SSSR count). The molecule has 0 spiro atoms. The molecule has 146 valence electrons. The highest BCUT2D eigenvalue weighted by atomic mass is 79.9. The Morgan fingerprint density at radius 3 is 2.68 bits per heavy atom. The predicted molar refractivity (Wildman–Crippen MR) is 112 cm³/mol. The Balaban J connectivity index is 2.02. The number of ether oxygens (including phenoxy) is 3. The van der Waals surface area contributed by atoms with Crippen LogP contribution < -0.4 is 19.6 Å². The van der Waals surface area contributed by atoms with Crippen molar-refractivity contribution >= 4 is 28.1 Å². The van der Waals surface area contributed by atoms with Gasteiger partial charge in [-0.05, 0) is 64.3 Å². The van der Waals surface area contributed by atoms with Crippen molar-refractivity contribution in [2.24, 2.45) is 5.10 Å². The quantitative estimate of drug-likeness (QED) is 0.360. The number of nitrogens with zero attached hydrogens (tertiary/aromatic N) is 1. The largest absolute Gasteiger partial charge is 0.494 e. The molecule has 28 heavy (non-hydrogen) atoms. The van der Waals surface area contributed by atoms with E-state index in [4.69, 9.17) is 20.6 Å². The molecule has 0 aliphatic carbocycles. The Morgan fingerprint density at radius 1 is 1.29 bits per heavy atom. The van der Waals surface area contributed by atoms with E-state index in [1.54, 1.807) is 36.4 Å². The van der Waals surface area contributed by atoms with Gasteiger partial charge in [0.05, 0.1) is 24.4 Å². The number of methoxy groups -OCH3 is 1. The summed E-state index contributed by atoms with van der Waals surface area (Å²) < 4.78 is 16.9. The van der Waals surface area contributed by atoms with E-state index in [0.29, 0.717) is 33.7 Å². The summed E-state index contributed by atoms with van der Waals surface area (Å²) in [6, 6.07) is 10.4. The second kappa shape index (κ2) is 11.0. The highest BCUT2D eigenvalue weighted by Crippen LogP contribution is 2.36. The topological polar surface area (TPSA) is 69.2 Å². The van der Waals surface area contributed by atoms with Gasteiger partial charge in [0.15, 0.2) is 11.5 Å². The molecule has 1 amide bonds. The average Bonchev–Trinajstić information content (AvgIpc) is 2.71. The number of hydrogen-bond acceptors (Lipinski definition) is 5. The van der Waals surface area contributed by atoms with Crippen LogP contribution in [0.4, 0.5) is 0 Å². The smallest absolute Gasteiger partial charge is 0.271 e. The summed E-state index contributed by atoms with van der Waals surface area (Å²) in [7, 11) is 1.53. The van der Waals surface area contributed by atoms with Crippen LogP contribution in [0.15, 0.2) is 46.0 Å². The minimum Gasteiger partial charge on any atom is -0.494 e. The van der Waals surface area contributed by atoms with Gasteiger partial charge in [-0.25, -0.2) is 5.43 Å². The number of terminal acetylenes is 1. The van der Waals surface area contributed by atoms with Crippen molar-refractivity contribution in [1.82, 2.24) is 5.43 Å². The molecule has 0 unspecified atom stereocenters. The fraction of sp³-hybridized carbons (Fsp3) is 0.238. The SMILES string of the molecule is C#CCOc1c(Br)cc(/C=N/NC(=O)c2ccc(OCCC)cc2)cc1OC. The minimum atomic E-state index is -0.321. The number of nitrogens with one attached hydrogen (secondary N) is 1. The van der Waals surface area contributed by atoms with Gasteiger partial charge in [0.1, 0.15) is 12.4 Å². The van der Waals surface area contributed by atoms with Crippen molar-refractivity contribution < 1.29 is 19.0 Å². The van der Waals surface area contributed by atoms with Gasteiger partial charge in [-0.3, -0.25) is 4.79 Å². The molecule has 0 saturated heterocycles. The van der Waals surface area contributed by atoms with Crippen LogP contribution in [0.3, 0.4) is 0 Å². The maximum Gasteiger partial charge on any atom is 0.271 e. The van der Waals surface area contributed by atoms with Crippen LogP contribution in [0.2, 0.25) is 0 Å². The first-order valence-corrected chi connectivity index (χ1v) is 9.38. The van der Waals surface area contributed by atoms with E-state index in [0.717, 1.165) is 12.2 Å². The van der Waals surface area contributed by atoms with Crippen LogP contribution in [0.25, 0.3) is 0 Å². The molecular weight excluding hydrogens is 424 g/mol. The van der Waals surface area contributed by atoms with Crippen LogP contribution in [0.5, 0.6) is 17.2 Å². The third-order valence-corrected chi connectivity index (χ3v) is 4.11. The van der Waals surface area contributed by atoms with Crippen molar-refractivity contribution in [3.05, 3.63) is 52.0 Å². The molecule has 0 fully saturated rings. The predicted octanol–water partition coefficient (Wildman–Crippen LogP) is 4.02. The fourth-order valence-corrected chi connectivity index (χ4v) is 2.79. The summed E-state index contributed by atoms with van der Waals surface area (Å²) in [5, 5.41) is 3.99. The van der Waals surface area contributed by atoms with Crippen molar-refractivity contribution in [3.63, 3.8) is 0 Å². The second-order valence-corrected chi connectivity index (χ2v) is 6.45. The van der Waals surface area contributed by atoms with Crippen molar-refractivity contribution in [1.29, 1.82) is 0 Å². The van der Waals surface area contributed by atoms with Gasteiger partial charge < -0.3 is 14.2 Å². The van der Waals surface area contributed by atoms with Crippen LogP contribution in [-0.2, 0) is 0 Å². The molecule has 0 atom stereocenters. The average molecular weight is 445 g/mol. The molecule has 0 heterocycles. The molecule has 2 aromatic rings. The monoisotopic (exact) mass is 444 g/mol. The Bertz CT molecular complexity index is 873. The lowest BCUT2D eigenvalue weighted by Gasteiger charge is -2.11. The van der Waals surface area contributed by atoms with E-state index >= 15 is 0 Å². The molecule has 1 N–H and O–H groups in total. The number of carbonyl (C=O) groups excluding carboxylic acids is 1. The number of benzene rings is 2. The highest BCUT2D eigenvalue weighted by molar-refractivity contribution is 9.10. The zero-order valence-electron chi connectivity index (χ0n) is 15.7. The Kier molecular flexibility index (Phi) is 8.37. The minimum absolute atomic E-state index is 0.126. The standard InChI is InChI=1S/C21H21BrN2O4/c1-4-10-27-17-8-6-16(7-9-17)21(25)24-23-14-15-12-18(22)20(28-11-5-2)19(13-15)26-3/h2,6-9,12-14H,4,10-11H2,1,3H3,(H,24,25)/b23-14+. The van der Waals surface area contributed by atoms with Gasteiger partial charge in [-0.1, -0.05) is 12.8 Å². The number of carbonyl (C=O) groups is 1. The van der Waals surface area contributed by atoms with E-state index in [9.17, 15) is 4.79 Å². The molecule has 0 aromatic heterocycles. The van der Waals surface area contributed by atoms with Crippen LogP contribution in [-0.4, -0.2) is 32.4 Å². The van der Waals surface area contributed by atoms with E-state index in [1.165, 1.54) is 13.3 Å². The summed E-state index contributed by atoms with van der Waals surface area (Å²) >= 11 is 3.42. The Hall–Kier alpha value is -2.98. The summed E-state index contributed by atoms with van der Waals surface area (Å²) in [5.41, 5.74) is 3.68. The van der Waals surface area contributed by atoms with Crippen LogP contribution in [0, 0.1) is 12.3 Å². The van der Waals surface area contributed by atoms with Gasteiger partial charge in [0.25, 0.3) is 5.91 Å². The first-order chi connectivity index (χ1) is 13.6. The van der Waals surface area contributed by atoms with Gasteiger partial charge in [0.2, 0.25) is 0 Å². The third-order valence-electron chi connectivity index (χ3n) is 3.52. The number of rotatable bonds is 9. The second-order valence-electron chi connectivity index (χ2n) is 5.60. The van der Waals surface area contributed by atoms with E-state index in [1.807, 2.05) is 6.92 Å². The molecule has 0 bridgehead atoms. The van der Waals surface area contributed by atoms with Gasteiger partial charge in [-0.15, -0.1) is 6.42 Å². The molecular formula is C21H21BrN2O4. The van der Waals surface area contributed by atoms with E-state index < -0.39 is 0 Å². The van der Waals surface area contributed by atoms with Crippen molar-refractivity contribution in [3.8, 4) is 29.6 Å². The number of hydrogen-bond donors (Lipinski definition) is 1. The normalized spacial score (nSPS) is 10.4. The summed E-state index contributed by atoms with van der Waals surface area (Å²) in [6.07, 6.45) is 7.65. The van der Waals surface area contributed by atoms with Gasteiger partial charge in [0, 0.05) is 5.56 Å². The number of halogens is 1. The van der Waals surface area contributed by atoms with Gasteiger partial charge in [-0.2, -0.15) is 5.10 Å². The molecule has 2 aromatic carbocycles. The van der Waals surface area contributed by atoms with E-state index in [-0.39, 0.29) is 12.5 Å². The molecule has 0 aliphatic rings. The summed E-state index contributed by atoms with van der Waals surface area (Å²) in [6.45, 7) is 2.80. The zero-order valence-corrected chi connectivity index (χ0v) is 17.3. The van der Waals surface area contributed by atoms with Crippen LogP contribution in [0.1, 0.15) is 29.3 Å². The van der Waals surface area contributed by atoms with Crippen molar-refractivity contribution in [2.75, 3.05) is 20.3 Å². The number of hydrazone groups is 1. The molecule has 0 saturated carbocycles. The first-order valence-electron chi connectivity index (χ1n) is 8.59. The van der Waals surface area contributed by atoms with Crippen molar-refractivity contribution in [2.45, 2.75) is 13.3 Å². The maximum absolute atomic E-state index is 12.2. The Labute approximate surface area is 173 Å². The third kappa shape index (κ3) is 6.03. The lowest BCUT2D eigenvalue weighted by molar-refractivity contribution is 0.0955. The lowest BCUT2D eigenvalue weighted by atomic mass is 10.2. The fourth-order valence-electron chi connectivity index (χ4n) is 2.22. The zero-order chi connectivity index (χ0) is 20.4. The van der Waals surface area contributed by atoms with E-state index in [2.05, 4.69) is 32.4 Å². The first kappa shape index (κ1) is 21.3. The highest BCUT2D eigenvalue weighted by Gasteiger charge is 2.11. The molecule has 0 aliphatic heterocycles. The summed E-state index contributed by atoms with van der Waals surface area (Å²) in [5.74, 6) is 3.82. The summed E-state index contributed by atoms with van der Waals surface area (Å²) in [4.78, 5) is 12.2. The maximum atomic E-state index is 12.2. The van der Waals surface area contributed by atoms with Gasteiger partial charge >= 0.3 is 0 Å². The molecule has 0 radical (unpaired) electrons. The molecule has 7 heteroatoms.